The molecule has 1 rings (SSSR count). The second kappa shape index (κ2) is 6.21. The smallest absolute Gasteiger partial charge is 0.272 e. The Balaban J connectivity index is 2.93. The van der Waals surface area contributed by atoms with Crippen LogP contribution >= 0.6 is 23.2 Å². The molecular formula is C9H10Cl2N6O2. The van der Waals surface area contributed by atoms with Crippen LogP contribution in [0.1, 0.15) is 0 Å². The summed E-state index contributed by atoms with van der Waals surface area (Å²) in [6.07, 6.45) is 0. The molecule has 10 heteroatoms. The van der Waals surface area contributed by atoms with E-state index in [1.807, 2.05) is 0 Å². The van der Waals surface area contributed by atoms with E-state index in [9.17, 15) is 10.1 Å². The van der Waals surface area contributed by atoms with Gasteiger partial charge < -0.3 is 10.6 Å². The molecule has 8 nitrogen and oxygen atoms in total. The molecule has 0 amide bonds. The highest BCUT2D eigenvalue weighted by atomic mass is 35.5. The van der Waals surface area contributed by atoms with Crippen LogP contribution in [0.15, 0.2) is 12.1 Å². The highest BCUT2D eigenvalue weighted by Gasteiger charge is 2.15. The van der Waals surface area contributed by atoms with Crippen LogP contribution < -0.4 is 16.0 Å². The highest BCUT2D eigenvalue weighted by Crippen LogP contribution is 2.34. The summed E-state index contributed by atoms with van der Waals surface area (Å²) in [5, 5.41) is 32.8. The monoisotopic (exact) mass is 304 g/mol. The van der Waals surface area contributed by atoms with E-state index >= 15 is 0 Å². The summed E-state index contributed by atoms with van der Waals surface area (Å²) in [7, 11) is 1.51. The first-order chi connectivity index (χ1) is 8.85. The average Bonchev–Trinajstić information content (AvgIpc) is 2.33. The van der Waals surface area contributed by atoms with Gasteiger partial charge in [-0.1, -0.05) is 23.2 Å². The Labute approximate surface area is 118 Å². The molecule has 0 unspecified atom stereocenters. The SMILES string of the molecule is CNC(=N)NC(=N)Nc1c(Cl)cc([N+](=O)[O-])cc1Cl. The number of rotatable bonds is 2. The summed E-state index contributed by atoms with van der Waals surface area (Å²) in [5.74, 6) is -0.358. The third kappa shape index (κ3) is 3.97. The number of nitro benzene ring substituents is 1. The molecule has 0 aliphatic heterocycles. The highest BCUT2D eigenvalue weighted by molar-refractivity contribution is 6.40. The van der Waals surface area contributed by atoms with E-state index in [-0.39, 0.29) is 33.3 Å². The summed E-state index contributed by atoms with van der Waals surface area (Å²) in [5.41, 5.74) is -0.0988. The summed E-state index contributed by atoms with van der Waals surface area (Å²) >= 11 is 11.7. The van der Waals surface area contributed by atoms with Gasteiger partial charge in [0.15, 0.2) is 11.9 Å². The number of nitro groups is 1. The Morgan fingerprint density at radius 1 is 1.26 bits per heavy atom. The van der Waals surface area contributed by atoms with E-state index in [4.69, 9.17) is 34.0 Å². The molecule has 0 aliphatic carbocycles. The predicted octanol–water partition coefficient (Wildman–Crippen LogP) is 1.99. The molecule has 102 valence electrons. The zero-order valence-electron chi connectivity index (χ0n) is 9.67. The normalized spacial score (nSPS) is 9.63. The van der Waals surface area contributed by atoms with E-state index in [2.05, 4.69) is 16.0 Å². The van der Waals surface area contributed by atoms with Crippen molar-refractivity contribution in [1.29, 1.82) is 10.8 Å². The van der Waals surface area contributed by atoms with Crippen molar-refractivity contribution in [2.45, 2.75) is 0 Å². The minimum absolute atomic E-state index is 0.00161. The van der Waals surface area contributed by atoms with Gasteiger partial charge in [0.2, 0.25) is 0 Å². The molecule has 0 saturated heterocycles. The fraction of sp³-hybridized carbons (Fsp3) is 0.111. The van der Waals surface area contributed by atoms with Gasteiger partial charge in [-0.25, -0.2) is 0 Å². The molecule has 0 bridgehead atoms. The van der Waals surface area contributed by atoms with Gasteiger partial charge in [-0.2, -0.15) is 0 Å². The van der Waals surface area contributed by atoms with Gasteiger partial charge in [-0.3, -0.25) is 26.2 Å². The molecule has 0 heterocycles. The number of nitrogens with one attached hydrogen (secondary N) is 5. The number of non-ortho nitro benzene ring substituents is 1. The fourth-order valence-corrected chi connectivity index (χ4v) is 1.70. The molecule has 0 saturated carbocycles. The van der Waals surface area contributed by atoms with Gasteiger partial charge in [-0.15, -0.1) is 0 Å². The number of nitrogens with zero attached hydrogens (tertiary/aromatic N) is 1. The van der Waals surface area contributed by atoms with E-state index < -0.39 is 4.92 Å². The number of benzene rings is 1. The lowest BCUT2D eigenvalue weighted by atomic mass is 10.3. The summed E-state index contributed by atoms with van der Waals surface area (Å²) in [4.78, 5) is 9.98. The van der Waals surface area contributed by atoms with Crippen molar-refractivity contribution < 1.29 is 4.92 Å². The minimum Gasteiger partial charge on any atom is -0.359 e. The van der Waals surface area contributed by atoms with Crippen molar-refractivity contribution in [3.05, 3.63) is 32.3 Å². The zero-order valence-corrected chi connectivity index (χ0v) is 11.2. The Bertz CT molecular complexity index is 525. The van der Waals surface area contributed by atoms with Crippen molar-refractivity contribution in [2.75, 3.05) is 12.4 Å². The van der Waals surface area contributed by atoms with Gasteiger partial charge in [0, 0.05) is 19.2 Å². The van der Waals surface area contributed by atoms with Gasteiger partial charge >= 0.3 is 0 Å². The summed E-state index contributed by atoms with van der Waals surface area (Å²) < 4.78 is 0. The maximum Gasteiger partial charge on any atom is 0.272 e. The molecule has 5 N–H and O–H groups in total. The van der Waals surface area contributed by atoms with Crippen LogP contribution in [0.2, 0.25) is 10.0 Å². The van der Waals surface area contributed by atoms with Gasteiger partial charge in [-0.05, 0) is 0 Å². The van der Waals surface area contributed by atoms with Crippen molar-refractivity contribution in [2.24, 2.45) is 0 Å². The predicted molar refractivity (Wildman–Crippen MR) is 74.4 cm³/mol. The second-order valence-corrected chi connectivity index (χ2v) is 4.11. The van der Waals surface area contributed by atoms with Crippen LogP contribution in [0.5, 0.6) is 0 Å². The lowest BCUT2D eigenvalue weighted by Crippen LogP contribution is -2.41. The first-order valence-electron chi connectivity index (χ1n) is 4.87. The van der Waals surface area contributed by atoms with Crippen molar-refractivity contribution >= 4 is 46.5 Å². The maximum atomic E-state index is 10.6. The number of halogens is 2. The lowest BCUT2D eigenvalue weighted by Gasteiger charge is -2.13. The van der Waals surface area contributed by atoms with Crippen molar-refractivity contribution in [3.8, 4) is 0 Å². The molecule has 1 aromatic rings. The molecule has 0 spiro atoms. The topological polar surface area (TPSA) is 127 Å². The first-order valence-corrected chi connectivity index (χ1v) is 5.63. The Hall–Kier alpha value is -2.06. The minimum atomic E-state index is -0.623. The van der Waals surface area contributed by atoms with E-state index in [0.717, 1.165) is 12.1 Å². The van der Waals surface area contributed by atoms with Crippen LogP contribution in [0.4, 0.5) is 11.4 Å². The average molecular weight is 305 g/mol. The third-order valence-corrected chi connectivity index (χ3v) is 2.58. The molecule has 0 radical (unpaired) electrons. The molecule has 19 heavy (non-hydrogen) atoms. The maximum absolute atomic E-state index is 10.6. The van der Waals surface area contributed by atoms with Crippen molar-refractivity contribution in [1.82, 2.24) is 10.6 Å². The largest absolute Gasteiger partial charge is 0.359 e. The second-order valence-electron chi connectivity index (χ2n) is 3.29. The van der Waals surface area contributed by atoms with E-state index in [0.29, 0.717) is 0 Å². The molecular weight excluding hydrogens is 295 g/mol. The van der Waals surface area contributed by atoms with Gasteiger partial charge in [0.25, 0.3) is 5.69 Å². The first kappa shape index (κ1) is 15.0. The summed E-state index contributed by atoms with van der Waals surface area (Å²) in [6, 6.07) is 2.24. The number of guanidine groups is 2. The Kier molecular flexibility index (Phi) is 4.90. The Morgan fingerprint density at radius 2 is 1.79 bits per heavy atom. The molecule has 0 aliphatic rings. The van der Waals surface area contributed by atoms with E-state index in [1.165, 1.54) is 7.05 Å². The van der Waals surface area contributed by atoms with Crippen LogP contribution in [0, 0.1) is 20.9 Å². The van der Waals surface area contributed by atoms with Crippen molar-refractivity contribution in [3.63, 3.8) is 0 Å². The quantitative estimate of drug-likeness (QED) is 0.247. The number of hydrogen-bond donors (Lipinski definition) is 5. The van der Waals surface area contributed by atoms with Crippen LogP contribution in [0.25, 0.3) is 0 Å². The Morgan fingerprint density at radius 3 is 2.21 bits per heavy atom. The van der Waals surface area contributed by atoms with Crippen LogP contribution in [-0.4, -0.2) is 23.9 Å². The van der Waals surface area contributed by atoms with Crippen LogP contribution in [-0.2, 0) is 0 Å². The fourth-order valence-electron chi connectivity index (χ4n) is 1.13. The molecule has 0 aromatic heterocycles. The number of hydrogen-bond acceptors (Lipinski definition) is 4. The van der Waals surface area contributed by atoms with Gasteiger partial charge in [0.1, 0.15) is 0 Å². The lowest BCUT2D eigenvalue weighted by molar-refractivity contribution is -0.384. The third-order valence-electron chi connectivity index (χ3n) is 1.99. The standard InChI is InChI=1S/C9H10Cl2N6O2/c1-14-8(12)16-9(13)15-7-5(10)2-4(17(18)19)3-6(7)11/h2-3H,1H3,(H5,12,13,14,15,16). The van der Waals surface area contributed by atoms with E-state index in [1.54, 1.807) is 0 Å². The van der Waals surface area contributed by atoms with Crippen LogP contribution in [0.3, 0.4) is 0 Å². The van der Waals surface area contributed by atoms with Gasteiger partial charge in [0.05, 0.1) is 20.7 Å². The molecule has 0 atom stereocenters. The zero-order chi connectivity index (χ0) is 14.6. The molecule has 1 aromatic carbocycles. The number of anilines is 1. The summed E-state index contributed by atoms with van der Waals surface area (Å²) in [6.45, 7) is 0. The molecule has 0 fully saturated rings.